The smallest absolute Gasteiger partial charge is 0.365 e. The lowest BCUT2D eigenvalue weighted by atomic mass is 10.2. The van der Waals surface area contributed by atoms with Gasteiger partial charge >= 0.3 is 5.97 Å². The van der Waals surface area contributed by atoms with Crippen molar-refractivity contribution in [2.75, 3.05) is 16.5 Å². The van der Waals surface area contributed by atoms with Crippen LogP contribution in [0.15, 0.2) is 101 Å². The van der Waals surface area contributed by atoms with Gasteiger partial charge in [0, 0.05) is 5.69 Å². The highest BCUT2D eigenvalue weighted by Gasteiger charge is 2.60. The van der Waals surface area contributed by atoms with Crippen LogP contribution in [0.4, 0.5) is 11.4 Å². The zero-order chi connectivity index (χ0) is 23.5. The number of anilines is 2. The highest BCUT2D eigenvalue weighted by molar-refractivity contribution is 8.29. The monoisotopic (exact) mass is 487 g/mol. The molecule has 0 aliphatic carbocycles. The first kappa shape index (κ1) is 22.3. The van der Waals surface area contributed by atoms with Crippen LogP contribution in [0.1, 0.15) is 12.5 Å². The van der Waals surface area contributed by atoms with Crippen LogP contribution in [-0.4, -0.2) is 27.9 Å². The molecule has 0 bridgehead atoms. The second-order valence-electron chi connectivity index (χ2n) is 7.42. The number of para-hydroxylation sites is 2. The average molecular weight is 488 g/mol. The van der Waals surface area contributed by atoms with Crippen LogP contribution in [0.2, 0.25) is 0 Å². The number of nitrogens with zero attached hydrogens (tertiary/aromatic N) is 3. The molecule has 3 aromatic rings. The van der Waals surface area contributed by atoms with Crippen LogP contribution in [0.25, 0.3) is 6.08 Å². The molecule has 1 saturated heterocycles. The van der Waals surface area contributed by atoms with Crippen LogP contribution < -0.4 is 9.91 Å². The minimum atomic E-state index is -1.07. The first-order valence-electron chi connectivity index (χ1n) is 10.8. The number of ether oxygens (including phenoxy) is 1. The topological polar surface area (TPSA) is 62.2 Å². The first-order chi connectivity index (χ1) is 16.6. The van der Waals surface area contributed by atoms with E-state index in [1.165, 1.54) is 23.5 Å². The molecule has 6 nitrogen and oxygen atoms in total. The van der Waals surface area contributed by atoms with Gasteiger partial charge in [-0.05, 0) is 54.6 Å². The predicted molar refractivity (Wildman–Crippen MR) is 139 cm³/mol. The molecule has 1 atom stereocenters. The highest BCUT2D eigenvalue weighted by atomic mass is 32.2. The Hall–Kier alpha value is -3.49. The Balaban J connectivity index is 1.67. The van der Waals surface area contributed by atoms with Gasteiger partial charge in [-0.1, -0.05) is 78.5 Å². The minimum absolute atomic E-state index is 0.159. The SMILES string of the molecule is CCOC(=O)C1=NN(c2ccccc2)[C@@]2(S1)S/C(=C\c1ccccc1)C(=O)N2c1ccccc1. The number of esters is 1. The molecule has 8 heteroatoms. The van der Waals surface area contributed by atoms with Crippen LogP contribution in [0.5, 0.6) is 0 Å². The molecule has 0 radical (unpaired) electrons. The van der Waals surface area contributed by atoms with Crippen molar-refractivity contribution < 1.29 is 14.3 Å². The van der Waals surface area contributed by atoms with Gasteiger partial charge in [0.2, 0.25) is 9.37 Å². The fraction of sp³-hybridized carbons (Fsp3) is 0.115. The maximum absolute atomic E-state index is 13.9. The number of thioether (sulfide) groups is 2. The summed E-state index contributed by atoms with van der Waals surface area (Å²) in [5.41, 5.74) is 2.39. The van der Waals surface area contributed by atoms with Crippen molar-refractivity contribution in [3.8, 4) is 0 Å². The number of hydrogen-bond donors (Lipinski definition) is 0. The van der Waals surface area contributed by atoms with Gasteiger partial charge in [0.05, 0.1) is 17.2 Å². The fourth-order valence-electron chi connectivity index (χ4n) is 3.73. The molecule has 1 amide bonds. The molecule has 3 aromatic carbocycles. The van der Waals surface area contributed by atoms with E-state index in [-0.39, 0.29) is 17.6 Å². The van der Waals surface area contributed by atoms with Gasteiger partial charge in [-0.2, -0.15) is 5.10 Å². The second-order valence-corrected chi connectivity index (χ2v) is 10.1. The lowest BCUT2D eigenvalue weighted by Gasteiger charge is -2.38. The van der Waals surface area contributed by atoms with Crippen LogP contribution >= 0.6 is 23.5 Å². The molecule has 5 rings (SSSR count). The summed E-state index contributed by atoms with van der Waals surface area (Å²) < 4.78 is 4.19. The molecule has 2 heterocycles. The molecule has 0 saturated carbocycles. The van der Waals surface area contributed by atoms with E-state index in [0.717, 1.165) is 11.3 Å². The van der Waals surface area contributed by atoms with Gasteiger partial charge in [0.25, 0.3) is 5.91 Å². The summed E-state index contributed by atoms with van der Waals surface area (Å²) in [6, 6.07) is 28.7. The zero-order valence-corrected chi connectivity index (χ0v) is 20.0. The fourth-order valence-corrected chi connectivity index (χ4v) is 6.61. The lowest BCUT2D eigenvalue weighted by molar-refractivity contribution is -0.134. The summed E-state index contributed by atoms with van der Waals surface area (Å²) >= 11 is 2.59. The van der Waals surface area contributed by atoms with Crippen molar-refractivity contribution in [3.05, 3.63) is 101 Å². The molecule has 170 valence electrons. The number of amides is 1. The summed E-state index contributed by atoms with van der Waals surface area (Å²) in [7, 11) is 0. The molecular weight excluding hydrogens is 466 g/mol. The van der Waals surface area contributed by atoms with E-state index in [4.69, 9.17) is 4.74 Å². The molecule has 2 aliphatic rings. The Morgan fingerprint density at radius 2 is 1.50 bits per heavy atom. The zero-order valence-electron chi connectivity index (χ0n) is 18.3. The quantitative estimate of drug-likeness (QED) is 0.347. The third-order valence-corrected chi connectivity index (χ3v) is 7.89. The van der Waals surface area contributed by atoms with E-state index in [1.807, 2.05) is 97.1 Å². The van der Waals surface area contributed by atoms with E-state index < -0.39 is 10.3 Å². The Labute approximate surface area is 206 Å². The van der Waals surface area contributed by atoms with E-state index >= 15 is 0 Å². The third kappa shape index (κ3) is 3.99. The number of carbonyl (C=O) groups excluding carboxylic acids is 2. The number of benzene rings is 3. The normalized spacial score (nSPS) is 20.8. The van der Waals surface area contributed by atoms with Crippen molar-refractivity contribution in [2.45, 2.75) is 11.3 Å². The van der Waals surface area contributed by atoms with Crippen LogP contribution in [0, 0.1) is 0 Å². The third-order valence-electron chi connectivity index (χ3n) is 5.19. The average Bonchev–Trinajstić information content (AvgIpc) is 3.38. The maximum Gasteiger partial charge on any atom is 0.365 e. The molecule has 0 N–H and O–H groups in total. The van der Waals surface area contributed by atoms with E-state index in [0.29, 0.717) is 10.6 Å². The second kappa shape index (κ2) is 9.40. The molecule has 0 aromatic heterocycles. The standard InChI is InChI=1S/C26H21N3O3S2/c1-2-32-25(31)23-27-29(21-16-10-5-11-17-21)26(34-23)28(20-14-8-4-9-15-20)24(30)22(33-26)18-19-12-6-3-7-13-19/h3-18H,2H2,1H3/b22-18-/t26-/m1/s1. The van der Waals surface area contributed by atoms with Gasteiger partial charge in [-0.15, -0.1) is 0 Å². The number of carbonyl (C=O) groups is 2. The van der Waals surface area contributed by atoms with Crippen LogP contribution in [0.3, 0.4) is 0 Å². The van der Waals surface area contributed by atoms with Crippen molar-refractivity contribution in [3.63, 3.8) is 0 Å². The number of hydrogen-bond acceptors (Lipinski definition) is 7. The molecule has 2 aliphatic heterocycles. The summed E-state index contributed by atoms with van der Waals surface area (Å²) in [6.45, 7) is 2.00. The maximum atomic E-state index is 13.9. The first-order valence-corrected chi connectivity index (χ1v) is 12.4. The van der Waals surface area contributed by atoms with Gasteiger partial charge in [-0.25, -0.2) is 9.80 Å². The summed E-state index contributed by atoms with van der Waals surface area (Å²) in [4.78, 5) is 28.9. The molecule has 34 heavy (non-hydrogen) atoms. The van der Waals surface area contributed by atoms with Crippen molar-refractivity contribution >= 4 is 57.9 Å². The summed E-state index contributed by atoms with van der Waals surface area (Å²) in [6.07, 6.45) is 1.88. The number of rotatable bonds is 5. The Morgan fingerprint density at radius 3 is 2.12 bits per heavy atom. The lowest BCUT2D eigenvalue weighted by Crippen LogP contribution is -2.51. The van der Waals surface area contributed by atoms with E-state index in [1.54, 1.807) is 16.8 Å². The Bertz CT molecular complexity index is 1270. The van der Waals surface area contributed by atoms with Gasteiger partial charge in [-0.3, -0.25) is 9.69 Å². The van der Waals surface area contributed by atoms with Crippen LogP contribution in [-0.2, 0) is 14.3 Å². The largest absolute Gasteiger partial charge is 0.461 e. The van der Waals surface area contributed by atoms with Crippen molar-refractivity contribution in [1.82, 2.24) is 0 Å². The van der Waals surface area contributed by atoms with Crippen molar-refractivity contribution in [2.24, 2.45) is 5.10 Å². The van der Waals surface area contributed by atoms with Gasteiger partial charge in [0.1, 0.15) is 0 Å². The van der Waals surface area contributed by atoms with Gasteiger partial charge < -0.3 is 4.74 Å². The summed E-state index contributed by atoms with van der Waals surface area (Å²) in [5, 5.41) is 6.60. The minimum Gasteiger partial charge on any atom is -0.461 e. The highest BCUT2D eigenvalue weighted by Crippen LogP contribution is 2.59. The molecular formula is C26H21N3O3S2. The summed E-state index contributed by atoms with van der Waals surface area (Å²) in [5.74, 6) is -0.666. The van der Waals surface area contributed by atoms with Crippen molar-refractivity contribution in [1.29, 1.82) is 0 Å². The Morgan fingerprint density at radius 1 is 0.912 bits per heavy atom. The van der Waals surface area contributed by atoms with E-state index in [2.05, 4.69) is 5.10 Å². The number of hydrazone groups is 1. The predicted octanol–water partition coefficient (Wildman–Crippen LogP) is 5.55. The molecule has 1 spiro atoms. The Kier molecular flexibility index (Phi) is 6.17. The molecule has 0 unspecified atom stereocenters. The van der Waals surface area contributed by atoms with E-state index in [9.17, 15) is 9.59 Å². The van der Waals surface area contributed by atoms with Gasteiger partial charge in [0.15, 0.2) is 0 Å². The molecule has 1 fully saturated rings.